The summed E-state index contributed by atoms with van der Waals surface area (Å²) in [5.41, 5.74) is 0.508. The van der Waals surface area contributed by atoms with E-state index in [1.807, 2.05) is 18.2 Å². The van der Waals surface area contributed by atoms with Crippen LogP contribution in [0.3, 0.4) is 0 Å². The van der Waals surface area contributed by atoms with Gasteiger partial charge in [-0.15, -0.1) is 0 Å². The van der Waals surface area contributed by atoms with Gasteiger partial charge in [-0.3, -0.25) is 4.79 Å². The molecule has 1 aromatic carbocycles. The lowest BCUT2D eigenvalue weighted by Crippen LogP contribution is -2.57. The Hall–Kier alpha value is -1.39. The van der Waals surface area contributed by atoms with Crippen LogP contribution in [0.4, 0.5) is 0 Å². The van der Waals surface area contributed by atoms with Crippen molar-refractivity contribution >= 4 is 5.91 Å². The lowest BCUT2D eigenvalue weighted by Gasteiger charge is -2.39. The van der Waals surface area contributed by atoms with Crippen molar-refractivity contribution < 1.29 is 9.53 Å². The molecule has 1 aromatic rings. The normalized spacial score (nSPS) is 28.2. The highest BCUT2D eigenvalue weighted by Crippen LogP contribution is 2.35. The molecule has 4 nitrogen and oxygen atoms in total. The third-order valence-corrected chi connectivity index (χ3v) is 4.85. The van der Waals surface area contributed by atoms with E-state index >= 15 is 0 Å². The summed E-state index contributed by atoms with van der Waals surface area (Å²) >= 11 is 0. The van der Waals surface area contributed by atoms with Crippen LogP contribution >= 0.6 is 0 Å². The molecule has 1 atom stereocenters. The van der Waals surface area contributed by atoms with Gasteiger partial charge in [0.1, 0.15) is 0 Å². The van der Waals surface area contributed by atoms with Crippen LogP contribution < -0.4 is 10.6 Å². The quantitative estimate of drug-likeness (QED) is 0.888. The first-order valence-electron chi connectivity index (χ1n) is 7.81. The Balaban J connectivity index is 1.87. The minimum atomic E-state index is -0.405. The van der Waals surface area contributed by atoms with Gasteiger partial charge in [0.2, 0.25) is 5.91 Å². The molecular formula is C17H24N2O2. The molecule has 0 bridgehead atoms. The monoisotopic (exact) mass is 288 g/mol. The molecule has 0 radical (unpaired) electrons. The molecule has 3 rings (SSSR count). The first-order chi connectivity index (χ1) is 10.1. The third kappa shape index (κ3) is 2.83. The fourth-order valence-electron chi connectivity index (χ4n) is 3.42. The fourth-order valence-corrected chi connectivity index (χ4v) is 3.42. The molecule has 0 aromatic heterocycles. The van der Waals surface area contributed by atoms with Crippen LogP contribution in [0, 0.1) is 0 Å². The molecule has 21 heavy (non-hydrogen) atoms. The summed E-state index contributed by atoms with van der Waals surface area (Å²) in [4.78, 5) is 13.1. The molecule has 4 heteroatoms. The molecule has 2 aliphatic rings. The summed E-state index contributed by atoms with van der Waals surface area (Å²) in [6, 6.07) is 10.2. The van der Waals surface area contributed by atoms with Gasteiger partial charge in [-0.25, -0.2) is 0 Å². The van der Waals surface area contributed by atoms with Gasteiger partial charge in [0.05, 0.1) is 17.6 Å². The fraction of sp³-hybridized carbons (Fsp3) is 0.588. The number of benzene rings is 1. The van der Waals surface area contributed by atoms with Crippen LogP contribution in [0.5, 0.6) is 0 Å². The lowest BCUT2D eigenvalue weighted by molar-refractivity contribution is -0.129. The number of nitrogens with one attached hydrogen (secondary N) is 2. The molecule has 0 spiro atoms. The van der Waals surface area contributed by atoms with Crippen molar-refractivity contribution in [1.29, 1.82) is 0 Å². The maximum atomic E-state index is 13.1. The van der Waals surface area contributed by atoms with E-state index in [0.29, 0.717) is 6.61 Å². The molecule has 1 unspecified atom stereocenters. The van der Waals surface area contributed by atoms with Crippen molar-refractivity contribution in [3.05, 3.63) is 35.9 Å². The zero-order valence-electron chi connectivity index (χ0n) is 12.7. The number of hydrogen-bond donors (Lipinski definition) is 2. The zero-order chi connectivity index (χ0) is 14.8. The van der Waals surface area contributed by atoms with Gasteiger partial charge >= 0.3 is 0 Å². The molecule has 114 valence electrons. The maximum Gasteiger partial charge on any atom is 0.231 e. The summed E-state index contributed by atoms with van der Waals surface area (Å²) in [7, 11) is 0. The smallest absolute Gasteiger partial charge is 0.231 e. The Kier molecular flexibility index (Phi) is 4.00. The average Bonchev–Trinajstić information content (AvgIpc) is 2.95. The molecule has 2 N–H and O–H groups in total. The van der Waals surface area contributed by atoms with Gasteiger partial charge < -0.3 is 15.4 Å². The second-order valence-electron chi connectivity index (χ2n) is 6.52. The second-order valence-corrected chi connectivity index (χ2v) is 6.52. The van der Waals surface area contributed by atoms with Gasteiger partial charge in [0.15, 0.2) is 0 Å². The van der Waals surface area contributed by atoms with E-state index in [4.69, 9.17) is 4.74 Å². The van der Waals surface area contributed by atoms with Gasteiger partial charge in [-0.05, 0) is 44.8 Å². The van der Waals surface area contributed by atoms with Crippen LogP contribution in [-0.4, -0.2) is 37.7 Å². The van der Waals surface area contributed by atoms with E-state index in [0.717, 1.165) is 44.5 Å². The van der Waals surface area contributed by atoms with Crippen LogP contribution in [0.25, 0.3) is 0 Å². The van der Waals surface area contributed by atoms with Gasteiger partial charge in [0, 0.05) is 6.61 Å². The molecule has 2 saturated heterocycles. The summed E-state index contributed by atoms with van der Waals surface area (Å²) in [6.45, 7) is 5.20. The van der Waals surface area contributed by atoms with Gasteiger partial charge in [-0.1, -0.05) is 30.3 Å². The summed E-state index contributed by atoms with van der Waals surface area (Å²) in [5.74, 6) is 0.156. The Labute approximate surface area is 126 Å². The van der Waals surface area contributed by atoms with Crippen molar-refractivity contribution in [2.45, 2.75) is 37.1 Å². The summed E-state index contributed by atoms with van der Waals surface area (Å²) in [6.07, 6.45) is 2.58. The Morgan fingerprint density at radius 2 is 1.90 bits per heavy atom. The van der Waals surface area contributed by atoms with Crippen LogP contribution in [0.15, 0.2) is 30.3 Å². The minimum absolute atomic E-state index is 0.156. The molecule has 0 saturated carbocycles. The predicted molar refractivity (Wildman–Crippen MR) is 82.2 cm³/mol. The van der Waals surface area contributed by atoms with Crippen LogP contribution in [-0.2, 0) is 14.9 Å². The van der Waals surface area contributed by atoms with Gasteiger partial charge in [-0.2, -0.15) is 0 Å². The van der Waals surface area contributed by atoms with E-state index < -0.39 is 5.41 Å². The van der Waals surface area contributed by atoms with E-state index in [1.54, 1.807) is 0 Å². The summed E-state index contributed by atoms with van der Waals surface area (Å²) < 4.78 is 5.46. The maximum absolute atomic E-state index is 13.1. The number of ether oxygens (including phenoxy) is 1. The first-order valence-corrected chi connectivity index (χ1v) is 7.81. The van der Waals surface area contributed by atoms with Crippen molar-refractivity contribution in [3.8, 4) is 0 Å². The molecular weight excluding hydrogens is 264 g/mol. The zero-order valence-corrected chi connectivity index (χ0v) is 12.7. The van der Waals surface area contributed by atoms with Crippen LogP contribution in [0.2, 0.25) is 0 Å². The topological polar surface area (TPSA) is 50.4 Å². The molecule has 2 heterocycles. The number of rotatable bonds is 3. The highest BCUT2D eigenvalue weighted by atomic mass is 16.5. The number of hydrogen-bond acceptors (Lipinski definition) is 3. The largest absolute Gasteiger partial charge is 0.379 e. The molecule has 0 aliphatic carbocycles. The Bertz CT molecular complexity index is 489. The minimum Gasteiger partial charge on any atom is -0.379 e. The Morgan fingerprint density at radius 3 is 2.52 bits per heavy atom. The first kappa shape index (κ1) is 14.5. The predicted octanol–water partition coefficient (Wildman–Crippen LogP) is 1.60. The standard InChI is InChI=1S/C17H24N2O2/c1-16(9-12-21-13-16)19-15(20)17(7-10-18-11-8-17)14-5-3-2-4-6-14/h2-6,18H,7-13H2,1H3,(H,19,20). The molecule has 2 aliphatic heterocycles. The number of piperidine rings is 1. The van der Waals surface area contributed by atoms with E-state index in [-0.39, 0.29) is 11.4 Å². The number of carbonyl (C=O) groups is 1. The van der Waals surface area contributed by atoms with Crippen molar-refractivity contribution in [2.24, 2.45) is 0 Å². The second kappa shape index (κ2) is 5.78. The van der Waals surface area contributed by atoms with Gasteiger partial charge in [0.25, 0.3) is 0 Å². The number of carbonyl (C=O) groups excluding carboxylic acids is 1. The van der Waals surface area contributed by atoms with Crippen molar-refractivity contribution in [1.82, 2.24) is 10.6 Å². The Morgan fingerprint density at radius 1 is 1.19 bits per heavy atom. The van der Waals surface area contributed by atoms with E-state index in [1.165, 1.54) is 0 Å². The molecule has 1 amide bonds. The van der Waals surface area contributed by atoms with Crippen LogP contribution in [0.1, 0.15) is 31.7 Å². The third-order valence-electron chi connectivity index (χ3n) is 4.85. The highest BCUT2D eigenvalue weighted by Gasteiger charge is 2.44. The van der Waals surface area contributed by atoms with Crippen molar-refractivity contribution in [3.63, 3.8) is 0 Å². The highest BCUT2D eigenvalue weighted by molar-refractivity contribution is 5.89. The van der Waals surface area contributed by atoms with E-state index in [2.05, 4.69) is 29.7 Å². The summed E-state index contributed by atoms with van der Waals surface area (Å²) in [5, 5.41) is 6.64. The number of amides is 1. The van der Waals surface area contributed by atoms with Crippen molar-refractivity contribution in [2.75, 3.05) is 26.3 Å². The molecule has 2 fully saturated rings. The SMILES string of the molecule is CC1(NC(=O)C2(c3ccccc3)CCNCC2)CCOC1. The van der Waals surface area contributed by atoms with E-state index in [9.17, 15) is 4.79 Å². The average molecular weight is 288 g/mol. The lowest BCUT2D eigenvalue weighted by atomic mass is 9.72.